The number of thioether (sulfide) groups is 1. The molecular formula is C19H14Br2FNO3S. The van der Waals surface area contributed by atoms with Gasteiger partial charge in [0.1, 0.15) is 18.2 Å². The molecule has 4 nitrogen and oxygen atoms in total. The standard InChI is InChI=1S/C19H14Br2FNO3S/c1-2-23-18(24)16(27-19(23)25)9-12-7-14(20)17(15(21)8-12)26-10-11-3-5-13(22)6-4-11/h3-9H,2,10H2,1H3/b16-9+. The van der Waals surface area contributed by atoms with E-state index in [9.17, 15) is 14.0 Å². The fourth-order valence-electron chi connectivity index (χ4n) is 2.46. The third kappa shape index (κ3) is 4.62. The summed E-state index contributed by atoms with van der Waals surface area (Å²) in [6.07, 6.45) is 1.68. The first-order chi connectivity index (χ1) is 12.9. The predicted octanol–water partition coefficient (Wildman–Crippen LogP) is 5.99. The van der Waals surface area contributed by atoms with E-state index in [1.165, 1.54) is 17.0 Å². The van der Waals surface area contributed by atoms with Crippen molar-refractivity contribution in [1.82, 2.24) is 4.90 Å². The average molecular weight is 515 g/mol. The molecule has 2 aromatic rings. The number of imide groups is 1. The van der Waals surface area contributed by atoms with E-state index in [-0.39, 0.29) is 23.6 Å². The first-order valence-electron chi connectivity index (χ1n) is 8.00. The summed E-state index contributed by atoms with van der Waals surface area (Å²) in [7, 11) is 0. The lowest BCUT2D eigenvalue weighted by Gasteiger charge is -2.12. The molecule has 1 aliphatic rings. The number of carbonyl (C=O) groups is 2. The zero-order valence-corrected chi connectivity index (χ0v) is 18.2. The molecule has 0 bridgehead atoms. The second-order valence-corrected chi connectivity index (χ2v) is 8.36. The molecule has 2 aromatic carbocycles. The molecule has 0 atom stereocenters. The van der Waals surface area contributed by atoms with Crippen molar-refractivity contribution in [2.24, 2.45) is 0 Å². The number of carbonyl (C=O) groups excluding carboxylic acids is 2. The second kappa shape index (κ2) is 8.58. The normalized spacial score (nSPS) is 15.7. The third-order valence-electron chi connectivity index (χ3n) is 3.80. The molecule has 2 amide bonds. The van der Waals surface area contributed by atoms with Gasteiger partial charge in [0.05, 0.1) is 13.9 Å². The van der Waals surface area contributed by atoms with E-state index in [2.05, 4.69) is 31.9 Å². The van der Waals surface area contributed by atoms with E-state index >= 15 is 0 Å². The summed E-state index contributed by atoms with van der Waals surface area (Å²) >= 11 is 7.88. The summed E-state index contributed by atoms with van der Waals surface area (Å²) in [4.78, 5) is 25.6. The lowest BCUT2D eigenvalue weighted by Crippen LogP contribution is -2.27. The molecule has 3 rings (SSSR count). The highest BCUT2D eigenvalue weighted by molar-refractivity contribution is 9.11. The predicted molar refractivity (Wildman–Crippen MR) is 111 cm³/mol. The summed E-state index contributed by atoms with van der Waals surface area (Å²) in [6.45, 7) is 2.40. The average Bonchev–Trinajstić information content (AvgIpc) is 2.88. The molecule has 0 spiro atoms. The molecule has 8 heteroatoms. The Hall–Kier alpha value is -1.64. The number of hydrogen-bond donors (Lipinski definition) is 0. The Bertz CT molecular complexity index is 908. The number of benzene rings is 2. The zero-order chi connectivity index (χ0) is 19.6. The highest BCUT2D eigenvalue weighted by Gasteiger charge is 2.33. The van der Waals surface area contributed by atoms with Gasteiger partial charge in [-0.05, 0) is 92.0 Å². The van der Waals surface area contributed by atoms with Crippen LogP contribution in [0.5, 0.6) is 5.75 Å². The lowest BCUT2D eigenvalue weighted by molar-refractivity contribution is -0.122. The van der Waals surface area contributed by atoms with Gasteiger partial charge >= 0.3 is 0 Å². The van der Waals surface area contributed by atoms with Crippen molar-refractivity contribution in [3.63, 3.8) is 0 Å². The van der Waals surface area contributed by atoms with Gasteiger partial charge < -0.3 is 4.74 Å². The third-order valence-corrected chi connectivity index (χ3v) is 5.89. The van der Waals surface area contributed by atoms with Crippen molar-refractivity contribution < 1.29 is 18.7 Å². The summed E-state index contributed by atoms with van der Waals surface area (Å²) in [5.74, 6) is 0.0208. The van der Waals surface area contributed by atoms with Crippen molar-refractivity contribution >= 4 is 60.8 Å². The van der Waals surface area contributed by atoms with E-state index in [0.29, 0.717) is 26.1 Å². The molecule has 1 aliphatic heterocycles. The molecule has 0 aliphatic carbocycles. The van der Waals surface area contributed by atoms with Crippen LogP contribution in [-0.4, -0.2) is 22.6 Å². The van der Waals surface area contributed by atoms with Crippen molar-refractivity contribution in [3.8, 4) is 5.75 Å². The van der Waals surface area contributed by atoms with Crippen LogP contribution in [0, 0.1) is 5.82 Å². The number of halogens is 3. The van der Waals surface area contributed by atoms with Crippen LogP contribution in [0.1, 0.15) is 18.1 Å². The number of nitrogens with zero attached hydrogens (tertiary/aromatic N) is 1. The van der Waals surface area contributed by atoms with Crippen LogP contribution < -0.4 is 4.74 Å². The Balaban J connectivity index is 1.79. The quantitative estimate of drug-likeness (QED) is 0.460. The smallest absolute Gasteiger partial charge is 0.293 e. The van der Waals surface area contributed by atoms with Crippen LogP contribution in [0.2, 0.25) is 0 Å². The summed E-state index contributed by atoms with van der Waals surface area (Å²) in [6, 6.07) is 9.71. The second-order valence-electron chi connectivity index (χ2n) is 5.65. The van der Waals surface area contributed by atoms with Gasteiger partial charge in [0.25, 0.3) is 11.1 Å². The van der Waals surface area contributed by atoms with Crippen molar-refractivity contribution in [3.05, 3.63) is 67.2 Å². The number of rotatable bonds is 5. The van der Waals surface area contributed by atoms with Crippen LogP contribution in [0.25, 0.3) is 6.08 Å². The maximum atomic E-state index is 13.0. The van der Waals surface area contributed by atoms with Gasteiger partial charge in [-0.15, -0.1) is 0 Å². The number of amides is 2. The minimum Gasteiger partial charge on any atom is -0.487 e. The van der Waals surface area contributed by atoms with E-state index in [4.69, 9.17) is 4.74 Å². The lowest BCUT2D eigenvalue weighted by atomic mass is 10.2. The number of ether oxygens (including phenoxy) is 1. The van der Waals surface area contributed by atoms with E-state index < -0.39 is 0 Å². The molecule has 1 fully saturated rings. The Kier molecular flexibility index (Phi) is 6.39. The fourth-order valence-corrected chi connectivity index (χ4v) is 4.81. The van der Waals surface area contributed by atoms with Crippen LogP contribution in [-0.2, 0) is 11.4 Å². The van der Waals surface area contributed by atoms with Gasteiger partial charge in [-0.3, -0.25) is 14.5 Å². The van der Waals surface area contributed by atoms with Crippen molar-refractivity contribution in [2.45, 2.75) is 13.5 Å². The summed E-state index contributed by atoms with van der Waals surface area (Å²) in [5.41, 5.74) is 1.59. The Morgan fingerprint density at radius 3 is 2.33 bits per heavy atom. The monoisotopic (exact) mass is 513 g/mol. The van der Waals surface area contributed by atoms with Gasteiger partial charge in [0.15, 0.2) is 0 Å². The summed E-state index contributed by atoms with van der Waals surface area (Å²) < 4.78 is 20.2. The fraction of sp³-hybridized carbons (Fsp3) is 0.158. The largest absolute Gasteiger partial charge is 0.487 e. The minimum atomic E-state index is -0.294. The molecule has 0 saturated carbocycles. The maximum Gasteiger partial charge on any atom is 0.293 e. The first kappa shape index (κ1) is 20.1. The van der Waals surface area contributed by atoms with Crippen LogP contribution >= 0.6 is 43.6 Å². The topological polar surface area (TPSA) is 46.6 Å². The maximum absolute atomic E-state index is 13.0. The van der Waals surface area contributed by atoms with Gasteiger partial charge in [-0.25, -0.2) is 4.39 Å². The Morgan fingerprint density at radius 1 is 1.15 bits per heavy atom. The Morgan fingerprint density at radius 2 is 1.78 bits per heavy atom. The first-order valence-corrected chi connectivity index (χ1v) is 10.4. The SMILES string of the molecule is CCN1C(=O)S/C(=C/c2cc(Br)c(OCc3ccc(F)cc3)c(Br)c2)C1=O. The van der Waals surface area contributed by atoms with Crippen molar-refractivity contribution in [1.29, 1.82) is 0 Å². The van der Waals surface area contributed by atoms with E-state index in [1.807, 2.05) is 12.1 Å². The minimum absolute atomic E-state index is 0.258. The van der Waals surface area contributed by atoms with Gasteiger partial charge in [-0.1, -0.05) is 12.1 Å². The van der Waals surface area contributed by atoms with Crippen LogP contribution in [0.15, 0.2) is 50.2 Å². The molecule has 140 valence electrons. The number of likely N-dealkylation sites (N-methyl/N-ethyl adjacent to an activating group) is 1. The molecule has 0 unspecified atom stereocenters. The highest BCUT2D eigenvalue weighted by Crippen LogP contribution is 2.38. The highest BCUT2D eigenvalue weighted by atomic mass is 79.9. The molecule has 0 aromatic heterocycles. The van der Waals surface area contributed by atoms with Gasteiger partial charge in [-0.2, -0.15) is 0 Å². The van der Waals surface area contributed by atoms with Crippen LogP contribution in [0.3, 0.4) is 0 Å². The Labute approximate surface area is 177 Å². The molecule has 1 saturated heterocycles. The summed E-state index contributed by atoms with van der Waals surface area (Å²) in [5, 5.41) is -0.258. The zero-order valence-electron chi connectivity index (χ0n) is 14.2. The number of hydrogen-bond acceptors (Lipinski definition) is 4. The molecule has 1 heterocycles. The van der Waals surface area contributed by atoms with Crippen molar-refractivity contribution in [2.75, 3.05) is 6.54 Å². The molecule has 0 radical (unpaired) electrons. The van der Waals surface area contributed by atoms with Gasteiger partial charge in [0.2, 0.25) is 0 Å². The molecular weight excluding hydrogens is 501 g/mol. The van der Waals surface area contributed by atoms with E-state index in [1.54, 1.807) is 25.1 Å². The molecule has 0 N–H and O–H groups in total. The van der Waals surface area contributed by atoms with Gasteiger partial charge in [0, 0.05) is 6.54 Å². The van der Waals surface area contributed by atoms with Crippen LogP contribution in [0.4, 0.5) is 9.18 Å². The van der Waals surface area contributed by atoms with E-state index in [0.717, 1.165) is 22.9 Å². The molecule has 27 heavy (non-hydrogen) atoms.